The van der Waals surface area contributed by atoms with E-state index in [4.69, 9.17) is 4.74 Å². The molecule has 2 atom stereocenters. The monoisotopic (exact) mass is 112 g/mol. The molecular formula is C7H12O. The van der Waals surface area contributed by atoms with E-state index in [2.05, 4.69) is 0 Å². The molecule has 0 aromatic carbocycles. The molecule has 1 heteroatoms. The zero-order valence-corrected chi connectivity index (χ0v) is 5.10. The minimum Gasteiger partial charge on any atom is -0.378 e. The Kier molecular flexibility index (Phi) is 1.04. The molecule has 2 unspecified atom stereocenters. The zero-order chi connectivity index (χ0) is 5.40. The highest BCUT2D eigenvalue weighted by atomic mass is 16.5. The van der Waals surface area contributed by atoms with Gasteiger partial charge in [-0.1, -0.05) is 6.42 Å². The smallest absolute Gasteiger partial charge is 0.0604 e. The Bertz CT molecular complexity index is 70.4. The van der Waals surface area contributed by atoms with Gasteiger partial charge in [0.05, 0.1) is 6.10 Å². The minimum absolute atomic E-state index is 0.676. The number of fused-ring (bicyclic) bond motifs is 1. The lowest BCUT2D eigenvalue weighted by Crippen LogP contribution is -2.06. The Morgan fingerprint density at radius 1 is 1.12 bits per heavy atom. The number of hydrogen-bond acceptors (Lipinski definition) is 1. The fraction of sp³-hybridized carbons (Fsp3) is 1.00. The summed E-state index contributed by atoms with van der Waals surface area (Å²) in [6.45, 7) is 1.04. The van der Waals surface area contributed by atoms with Crippen LogP contribution in [0, 0.1) is 5.92 Å². The summed E-state index contributed by atoms with van der Waals surface area (Å²) in [5.41, 5.74) is 0. The molecule has 0 aromatic heterocycles. The molecule has 0 aromatic rings. The maximum Gasteiger partial charge on any atom is 0.0604 e. The van der Waals surface area contributed by atoms with Gasteiger partial charge in [-0.3, -0.25) is 0 Å². The van der Waals surface area contributed by atoms with Crippen LogP contribution < -0.4 is 0 Å². The quantitative estimate of drug-likeness (QED) is 0.462. The van der Waals surface area contributed by atoms with Crippen LogP contribution >= 0.6 is 0 Å². The first-order valence-corrected chi connectivity index (χ1v) is 3.58. The molecule has 2 fully saturated rings. The Morgan fingerprint density at radius 3 is 3.00 bits per heavy atom. The van der Waals surface area contributed by atoms with E-state index < -0.39 is 0 Å². The second-order valence-electron chi connectivity index (χ2n) is 2.89. The third-order valence-corrected chi connectivity index (χ3v) is 2.41. The van der Waals surface area contributed by atoms with Crippen LogP contribution in [0.1, 0.15) is 25.7 Å². The normalized spacial score (nSPS) is 45.0. The van der Waals surface area contributed by atoms with Crippen molar-refractivity contribution in [3.8, 4) is 0 Å². The molecule has 0 amide bonds. The third-order valence-electron chi connectivity index (χ3n) is 2.41. The number of hydrogen-bond donors (Lipinski definition) is 0. The largest absolute Gasteiger partial charge is 0.378 e. The summed E-state index contributed by atoms with van der Waals surface area (Å²) in [4.78, 5) is 0. The molecule has 1 saturated carbocycles. The van der Waals surface area contributed by atoms with Crippen molar-refractivity contribution in [2.75, 3.05) is 6.61 Å². The molecule has 0 bridgehead atoms. The van der Waals surface area contributed by atoms with Gasteiger partial charge in [0.2, 0.25) is 0 Å². The average Bonchev–Trinajstić information content (AvgIpc) is 2.15. The first-order valence-electron chi connectivity index (χ1n) is 3.58. The van der Waals surface area contributed by atoms with Crippen LogP contribution in [0.3, 0.4) is 0 Å². The van der Waals surface area contributed by atoms with Gasteiger partial charge < -0.3 is 4.74 Å². The molecule has 1 aliphatic heterocycles. The van der Waals surface area contributed by atoms with Gasteiger partial charge >= 0.3 is 0 Å². The van der Waals surface area contributed by atoms with E-state index in [0.717, 1.165) is 12.5 Å². The molecule has 2 rings (SSSR count). The van der Waals surface area contributed by atoms with Crippen LogP contribution in [-0.4, -0.2) is 12.7 Å². The average molecular weight is 112 g/mol. The van der Waals surface area contributed by atoms with E-state index in [9.17, 15) is 0 Å². The molecule has 1 heterocycles. The summed E-state index contributed by atoms with van der Waals surface area (Å²) in [5.74, 6) is 0.954. The van der Waals surface area contributed by atoms with Crippen LogP contribution in [0.25, 0.3) is 0 Å². The SMILES string of the molecule is C1CC2CCOC2C1. The summed E-state index contributed by atoms with van der Waals surface area (Å²) < 4.78 is 5.48. The molecule has 46 valence electrons. The van der Waals surface area contributed by atoms with Crippen LogP contribution in [0.15, 0.2) is 0 Å². The summed E-state index contributed by atoms with van der Waals surface area (Å²) in [6, 6.07) is 0. The first kappa shape index (κ1) is 4.80. The molecule has 0 spiro atoms. The van der Waals surface area contributed by atoms with Gasteiger partial charge in [-0.2, -0.15) is 0 Å². The van der Waals surface area contributed by atoms with Crippen molar-refractivity contribution in [3.63, 3.8) is 0 Å². The maximum atomic E-state index is 5.48. The molecular weight excluding hydrogens is 100 g/mol. The highest BCUT2D eigenvalue weighted by Gasteiger charge is 2.31. The Labute approximate surface area is 50.0 Å². The summed E-state index contributed by atoms with van der Waals surface area (Å²) in [7, 11) is 0. The lowest BCUT2D eigenvalue weighted by atomic mass is 10.1. The molecule has 1 saturated heterocycles. The van der Waals surface area contributed by atoms with Crippen molar-refractivity contribution in [2.24, 2.45) is 5.92 Å². The molecule has 0 N–H and O–H groups in total. The first-order chi connectivity index (χ1) is 3.97. The van der Waals surface area contributed by atoms with Crippen LogP contribution in [0.2, 0.25) is 0 Å². The summed E-state index contributed by atoms with van der Waals surface area (Å²) in [5, 5.41) is 0. The van der Waals surface area contributed by atoms with Crippen molar-refractivity contribution in [3.05, 3.63) is 0 Å². The number of rotatable bonds is 0. The fourth-order valence-corrected chi connectivity index (χ4v) is 1.92. The maximum absolute atomic E-state index is 5.48. The van der Waals surface area contributed by atoms with E-state index in [1.165, 1.54) is 25.7 Å². The predicted octanol–water partition coefficient (Wildman–Crippen LogP) is 1.58. The third kappa shape index (κ3) is 0.576. The van der Waals surface area contributed by atoms with Crippen LogP contribution in [0.4, 0.5) is 0 Å². The van der Waals surface area contributed by atoms with Gasteiger partial charge in [0.25, 0.3) is 0 Å². The Balaban J connectivity index is 2.04. The molecule has 1 aliphatic carbocycles. The number of ether oxygens (including phenoxy) is 1. The van der Waals surface area contributed by atoms with Crippen molar-refractivity contribution in [2.45, 2.75) is 31.8 Å². The summed E-state index contributed by atoms with van der Waals surface area (Å²) >= 11 is 0. The second-order valence-corrected chi connectivity index (χ2v) is 2.89. The molecule has 2 aliphatic rings. The van der Waals surface area contributed by atoms with Gasteiger partial charge in [-0.05, 0) is 25.2 Å². The van der Waals surface area contributed by atoms with Crippen LogP contribution in [0.5, 0.6) is 0 Å². The minimum atomic E-state index is 0.676. The van der Waals surface area contributed by atoms with Crippen molar-refractivity contribution >= 4 is 0 Å². The van der Waals surface area contributed by atoms with Crippen molar-refractivity contribution < 1.29 is 4.74 Å². The lowest BCUT2D eigenvalue weighted by molar-refractivity contribution is 0.103. The lowest BCUT2D eigenvalue weighted by Gasteiger charge is -2.04. The Hall–Kier alpha value is -0.0400. The predicted molar refractivity (Wildman–Crippen MR) is 31.7 cm³/mol. The van der Waals surface area contributed by atoms with E-state index in [-0.39, 0.29) is 0 Å². The zero-order valence-electron chi connectivity index (χ0n) is 5.10. The van der Waals surface area contributed by atoms with Gasteiger partial charge in [0.15, 0.2) is 0 Å². The molecule has 0 radical (unpaired) electrons. The topological polar surface area (TPSA) is 9.23 Å². The molecule has 8 heavy (non-hydrogen) atoms. The van der Waals surface area contributed by atoms with E-state index in [0.29, 0.717) is 6.10 Å². The van der Waals surface area contributed by atoms with Gasteiger partial charge in [-0.25, -0.2) is 0 Å². The van der Waals surface area contributed by atoms with Crippen LogP contribution in [-0.2, 0) is 4.74 Å². The standard InChI is InChI=1S/C7H12O/c1-2-6-4-5-8-7(6)3-1/h6-7H,1-5H2. The van der Waals surface area contributed by atoms with Gasteiger partial charge in [-0.15, -0.1) is 0 Å². The van der Waals surface area contributed by atoms with Gasteiger partial charge in [0.1, 0.15) is 0 Å². The fourth-order valence-electron chi connectivity index (χ4n) is 1.92. The van der Waals surface area contributed by atoms with Crippen molar-refractivity contribution in [1.82, 2.24) is 0 Å². The highest BCUT2D eigenvalue weighted by molar-refractivity contribution is 4.81. The highest BCUT2D eigenvalue weighted by Crippen LogP contribution is 2.35. The van der Waals surface area contributed by atoms with Crippen molar-refractivity contribution in [1.29, 1.82) is 0 Å². The second kappa shape index (κ2) is 1.73. The summed E-state index contributed by atoms with van der Waals surface area (Å²) in [6.07, 6.45) is 6.20. The van der Waals surface area contributed by atoms with E-state index in [1.54, 1.807) is 0 Å². The molecule has 1 nitrogen and oxygen atoms in total. The van der Waals surface area contributed by atoms with Gasteiger partial charge in [0, 0.05) is 6.61 Å². The van der Waals surface area contributed by atoms with E-state index in [1.807, 2.05) is 0 Å². The Morgan fingerprint density at radius 2 is 2.12 bits per heavy atom. The van der Waals surface area contributed by atoms with E-state index >= 15 is 0 Å².